The van der Waals surface area contributed by atoms with Gasteiger partial charge in [-0.05, 0) is 33.1 Å². The van der Waals surface area contributed by atoms with Crippen molar-refractivity contribution in [2.75, 3.05) is 13.2 Å². The molecule has 0 aromatic carbocycles. The van der Waals surface area contributed by atoms with Gasteiger partial charge in [-0.3, -0.25) is 0 Å². The Bertz CT molecular complexity index is 109. The summed E-state index contributed by atoms with van der Waals surface area (Å²) < 4.78 is 10.7. The Hall–Kier alpha value is -0.410. The number of ether oxygens (including phenoxy) is 2. The third-order valence-electron chi connectivity index (χ3n) is 1.72. The third-order valence-corrected chi connectivity index (χ3v) is 1.72. The van der Waals surface area contributed by atoms with E-state index in [-0.39, 0.29) is 6.29 Å². The van der Waals surface area contributed by atoms with Crippen LogP contribution in [0.5, 0.6) is 0 Å². The maximum absolute atomic E-state index is 10.0. The molecule has 78 valence electrons. The van der Waals surface area contributed by atoms with Gasteiger partial charge in [0, 0.05) is 19.6 Å². The van der Waals surface area contributed by atoms with Crippen molar-refractivity contribution >= 4 is 6.29 Å². The van der Waals surface area contributed by atoms with Gasteiger partial charge in [0.1, 0.15) is 6.29 Å². The molecule has 0 unspecified atom stereocenters. The molecule has 0 N–H and O–H groups in total. The lowest BCUT2D eigenvalue weighted by Gasteiger charge is -2.16. The van der Waals surface area contributed by atoms with Crippen molar-refractivity contribution in [1.82, 2.24) is 0 Å². The van der Waals surface area contributed by atoms with Crippen molar-refractivity contribution in [1.29, 1.82) is 0 Å². The van der Waals surface area contributed by atoms with Gasteiger partial charge >= 0.3 is 0 Å². The van der Waals surface area contributed by atoms with Crippen LogP contribution in [0.1, 0.15) is 39.5 Å². The second kappa shape index (κ2) is 9.68. The lowest BCUT2D eigenvalue weighted by molar-refractivity contribution is -0.140. The van der Waals surface area contributed by atoms with E-state index in [0.717, 1.165) is 25.5 Å². The lowest BCUT2D eigenvalue weighted by Crippen LogP contribution is -2.17. The fourth-order valence-electron chi connectivity index (χ4n) is 1.13. The molecule has 0 radical (unpaired) electrons. The van der Waals surface area contributed by atoms with E-state index in [1.165, 1.54) is 0 Å². The zero-order valence-electron chi connectivity index (χ0n) is 8.62. The van der Waals surface area contributed by atoms with E-state index < -0.39 is 0 Å². The molecule has 0 saturated carbocycles. The average Bonchev–Trinajstić information content (AvgIpc) is 2.13. The van der Waals surface area contributed by atoms with Crippen molar-refractivity contribution < 1.29 is 14.3 Å². The van der Waals surface area contributed by atoms with Gasteiger partial charge in [-0.15, -0.1) is 0 Å². The van der Waals surface area contributed by atoms with Gasteiger partial charge in [0.05, 0.1) is 0 Å². The van der Waals surface area contributed by atoms with Crippen LogP contribution in [-0.4, -0.2) is 25.8 Å². The molecular formula is C10H20O3. The summed E-state index contributed by atoms with van der Waals surface area (Å²) in [5, 5.41) is 0. The molecule has 0 aliphatic rings. The lowest BCUT2D eigenvalue weighted by atomic mass is 10.2. The van der Waals surface area contributed by atoms with Crippen LogP contribution in [0, 0.1) is 0 Å². The molecule has 0 atom stereocenters. The van der Waals surface area contributed by atoms with Crippen molar-refractivity contribution in [3.8, 4) is 0 Å². The zero-order valence-corrected chi connectivity index (χ0v) is 8.62. The average molecular weight is 188 g/mol. The van der Waals surface area contributed by atoms with Crippen LogP contribution < -0.4 is 0 Å². The number of aldehydes is 1. The van der Waals surface area contributed by atoms with Gasteiger partial charge in [0.2, 0.25) is 0 Å². The molecule has 13 heavy (non-hydrogen) atoms. The first-order chi connectivity index (χ1) is 6.35. The van der Waals surface area contributed by atoms with Gasteiger partial charge in [-0.2, -0.15) is 0 Å². The van der Waals surface area contributed by atoms with Gasteiger partial charge in [0.15, 0.2) is 6.29 Å². The minimum absolute atomic E-state index is 0.0818. The molecule has 0 aliphatic heterocycles. The summed E-state index contributed by atoms with van der Waals surface area (Å²) in [6.45, 7) is 5.27. The highest BCUT2D eigenvalue weighted by Crippen LogP contribution is 2.07. The van der Waals surface area contributed by atoms with Crippen LogP contribution in [0.15, 0.2) is 0 Å². The predicted molar refractivity (Wildman–Crippen MR) is 51.6 cm³/mol. The first-order valence-electron chi connectivity index (χ1n) is 5.02. The maximum atomic E-state index is 10.0. The molecule has 0 heterocycles. The van der Waals surface area contributed by atoms with Crippen LogP contribution in [0.2, 0.25) is 0 Å². The first-order valence-corrected chi connectivity index (χ1v) is 5.02. The van der Waals surface area contributed by atoms with Crippen molar-refractivity contribution in [3.05, 3.63) is 0 Å². The van der Waals surface area contributed by atoms with Gasteiger partial charge < -0.3 is 14.3 Å². The minimum atomic E-state index is -0.0818. The zero-order chi connectivity index (χ0) is 9.94. The molecule has 3 heteroatoms. The number of unbranched alkanes of at least 4 members (excludes halogenated alkanes) is 2. The number of rotatable bonds is 9. The Morgan fingerprint density at radius 1 is 1.15 bits per heavy atom. The summed E-state index contributed by atoms with van der Waals surface area (Å²) in [5.74, 6) is 0. The second-order valence-electron chi connectivity index (χ2n) is 2.79. The molecule has 0 spiro atoms. The van der Waals surface area contributed by atoms with E-state index in [0.29, 0.717) is 19.6 Å². The second-order valence-corrected chi connectivity index (χ2v) is 2.79. The number of hydrogen-bond donors (Lipinski definition) is 0. The smallest absolute Gasteiger partial charge is 0.157 e. The molecule has 0 aromatic rings. The number of carbonyl (C=O) groups is 1. The van der Waals surface area contributed by atoms with Gasteiger partial charge in [0.25, 0.3) is 0 Å². The highest BCUT2D eigenvalue weighted by atomic mass is 16.7. The summed E-state index contributed by atoms with van der Waals surface area (Å²) in [5.41, 5.74) is 0. The fraction of sp³-hybridized carbons (Fsp3) is 0.900. The SMILES string of the molecule is CCOC(CCCCC=O)OCC. The first kappa shape index (κ1) is 12.6. The highest BCUT2D eigenvalue weighted by Gasteiger charge is 2.06. The van der Waals surface area contributed by atoms with Crippen LogP contribution >= 0.6 is 0 Å². The van der Waals surface area contributed by atoms with Gasteiger partial charge in [-0.25, -0.2) is 0 Å². The third kappa shape index (κ3) is 7.94. The molecule has 0 fully saturated rings. The fourth-order valence-corrected chi connectivity index (χ4v) is 1.13. The predicted octanol–water partition coefficient (Wildman–Crippen LogP) is 2.14. The van der Waals surface area contributed by atoms with E-state index in [9.17, 15) is 4.79 Å². The van der Waals surface area contributed by atoms with E-state index in [4.69, 9.17) is 9.47 Å². The molecule has 0 saturated heterocycles. The summed E-state index contributed by atoms with van der Waals surface area (Å²) in [4.78, 5) is 10.0. The summed E-state index contributed by atoms with van der Waals surface area (Å²) in [6.07, 6.45) is 4.32. The van der Waals surface area contributed by atoms with E-state index in [2.05, 4.69) is 0 Å². The van der Waals surface area contributed by atoms with Crippen LogP contribution in [-0.2, 0) is 14.3 Å². The van der Waals surface area contributed by atoms with E-state index in [1.54, 1.807) is 0 Å². The topological polar surface area (TPSA) is 35.5 Å². The molecule has 0 aromatic heterocycles. The summed E-state index contributed by atoms with van der Waals surface area (Å²) in [7, 11) is 0. The summed E-state index contributed by atoms with van der Waals surface area (Å²) >= 11 is 0. The van der Waals surface area contributed by atoms with Crippen molar-refractivity contribution in [2.45, 2.75) is 45.8 Å². The van der Waals surface area contributed by atoms with Gasteiger partial charge in [-0.1, -0.05) is 0 Å². The Kier molecular flexibility index (Phi) is 9.37. The van der Waals surface area contributed by atoms with Crippen LogP contribution in [0.3, 0.4) is 0 Å². The molecular weight excluding hydrogens is 168 g/mol. The van der Waals surface area contributed by atoms with Crippen molar-refractivity contribution in [2.24, 2.45) is 0 Å². The van der Waals surface area contributed by atoms with Crippen LogP contribution in [0.4, 0.5) is 0 Å². The van der Waals surface area contributed by atoms with E-state index >= 15 is 0 Å². The Morgan fingerprint density at radius 2 is 1.77 bits per heavy atom. The number of hydrogen-bond acceptors (Lipinski definition) is 3. The maximum Gasteiger partial charge on any atom is 0.157 e. The Morgan fingerprint density at radius 3 is 2.23 bits per heavy atom. The molecule has 0 bridgehead atoms. The molecule has 3 nitrogen and oxygen atoms in total. The van der Waals surface area contributed by atoms with Crippen molar-refractivity contribution in [3.63, 3.8) is 0 Å². The highest BCUT2D eigenvalue weighted by molar-refractivity contribution is 5.48. The Labute approximate surface area is 80.4 Å². The summed E-state index contributed by atoms with van der Waals surface area (Å²) in [6, 6.07) is 0. The molecule has 0 aliphatic carbocycles. The van der Waals surface area contributed by atoms with E-state index in [1.807, 2.05) is 13.8 Å². The Balaban J connectivity index is 3.37. The molecule has 0 rings (SSSR count). The minimum Gasteiger partial charge on any atom is -0.353 e. The largest absolute Gasteiger partial charge is 0.353 e. The standard InChI is InChI=1S/C10H20O3/c1-3-12-10(13-4-2)8-6-5-7-9-11/h9-10H,3-8H2,1-2H3. The normalized spacial score (nSPS) is 10.7. The number of carbonyl (C=O) groups excluding carboxylic acids is 1. The van der Waals surface area contributed by atoms with Crippen LogP contribution in [0.25, 0.3) is 0 Å². The molecule has 0 amide bonds. The quantitative estimate of drug-likeness (QED) is 0.316. The monoisotopic (exact) mass is 188 g/mol.